The number of benzene rings is 1. The highest BCUT2D eigenvalue weighted by Crippen LogP contribution is 2.27. The Kier molecular flexibility index (Phi) is 5.03. The zero-order chi connectivity index (χ0) is 14.8. The maximum Gasteiger partial charge on any atom is 0.238 e. The number of nitrogens with one attached hydrogen (secondary N) is 1. The molecular formula is C17H18ClFN2O. The first-order chi connectivity index (χ1) is 10.1. The molecule has 0 bridgehead atoms. The van der Waals surface area contributed by atoms with Crippen LogP contribution in [-0.4, -0.2) is 16.6 Å². The molecule has 0 atom stereocenters. The lowest BCUT2D eigenvalue weighted by atomic mass is 10.1. The highest BCUT2D eigenvalue weighted by molar-refractivity contribution is 5.87. The first-order valence-corrected chi connectivity index (χ1v) is 6.96. The molecule has 0 spiro atoms. The number of aromatic nitrogens is 2. The SMILES string of the molecule is Cc1[nH]c2c(OCCc3ccc(F)cc3)nccc2c1C.Cl. The first-order valence-electron chi connectivity index (χ1n) is 6.96. The van der Waals surface area contributed by atoms with Gasteiger partial charge < -0.3 is 9.72 Å². The summed E-state index contributed by atoms with van der Waals surface area (Å²) in [6.07, 6.45) is 2.48. The number of pyridine rings is 1. The minimum absolute atomic E-state index is 0. The number of halogens is 2. The number of aryl methyl sites for hydroxylation is 2. The van der Waals surface area contributed by atoms with Gasteiger partial charge in [-0.1, -0.05) is 12.1 Å². The Morgan fingerprint density at radius 2 is 1.86 bits per heavy atom. The third-order valence-corrected chi connectivity index (χ3v) is 3.74. The van der Waals surface area contributed by atoms with Crippen LogP contribution in [-0.2, 0) is 6.42 Å². The van der Waals surface area contributed by atoms with Crippen LogP contribution in [0.25, 0.3) is 10.9 Å². The summed E-state index contributed by atoms with van der Waals surface area (Å²) >= 11 is 0. The molecule has 3 rings (SSSR count). The van der Waals surface area contributed by atoms with Gasteiger partial charge in [0.25, 0.3) is 0 Å². The molecule has 0 fully saturated rings. The average Bonchev–Trinajstić information content (AvgIpc) is 2.78. The molecule has 0 aliphatic heterocycles. The number of nitrogens with zero attached hydrogens (tertiary/aromatic N) is 1. The van der Waals surface area contributed by atoms with Crippen LogP contribution in [0.15, 0.2) is 36.5 Å². The topological polar surface area (TPSA) is 37.9 Å². The fourth-order valence-corrected chi connectivity index (χ4v) is 2.39. The molecule has 1 N–H and O–H groups in total. The van der Waals surface area contributed by atoms with Gasteiger partial charge in [0.15, 0.2) is 0 Å². The van der Waals surface area contributed by atoms with Gasteiger partial charge in [0.1, 0.15) is 11.3 Å². The van der Waals surface area contributed by atoms with Gasteiger partial charge in [-0.15, -0.1) is 12.4 Å². The molecule has 22 heavy (non-hydrogen) atoms. The zero-order valence-electron chi connectivity index (χ0n) is 12.5. The quantitative estimate of drug-likeness (QED) is 0.775. The summed E-state index contributed by atoms with van der Waals surface area (Å²) in [6, 6.07) is 8.46. The van der Waals surface area contributed by atoms with Crippen LogP contribution in [0, 0.1) is 19.7 Å². The molecule has 0 unspecified atom stereocenters. The summed E-state index contributed by atoms with van der Waals surface area (Å²) in [7, 11) is 0. The summed E-state index contributed by atoms with van der Waals surface area (Å²) in [5.41, 5.74) is 4.33. The lowest BCUT2D eigenvalue weighted by molar-refractivity contribution is 0.313. The van der Waals surface area contributed by atoms with Crippen molar-refractivity contribution in [1.82, 2.24) is 9.97 Å². The van der Waals surface area contributed by atoms with Gasteiger partial charge in [-0.2, -0.15) is 0 Å². The minimum Gasteiger partial charge on any atom is -0.476 e. The maximum absolute atomic E-state index is 12.8. The minimum atomic E-state index is -0.219. The average molecular weight is 321 g/mol. The fourth-order valence-electron chi connectivity index (χ4n) is 2.39. The molecule has 3 nitrogen and oxygen atoms in total. The lowest BCUT2D eigenvalue weighted by Crippen LogP contribution is -2.03. The van der Waals surface area contributed by atoms with E-state index in [-0.39, 0.29) is 18.2 Å². The van der Waals surface area contributed by atoms with Gasteiger partial charge in [-0.05, 0) is 43.2 Å². The van der Waals surface area contributed by atoms with Crippen molar-refractivity contribution in [3.63, 3.8) is 0 Å². The first kappa shape index (κ1) is 16.3. The van der Waals surface area contributed by atoms with Gasteiger partial charge in [0, 0.05) is 23.7 Å². The Balaban J connectivity index is 0.00000176. The molecule has 5 heteroatoms. The van der Waals surface area contributed by atoms with Crippen LogP contribution in [0.4, 0.5) is 4.39 Å². The van der Waals surface area contributed by atoms with Crippen molar-refractivity contribution in [2.75, 3.05) is 6.61 Å². The van der Waals surface area contributed by atoms with Crippen LogP contribution < -0.4 is 4.74 Å². The van der Waals surface area contributed by atoms with E-state index in [1.165, 1.54) is 17.7 Å². The Morgan fingerprint density at radius 3 is 2.59 bits per heavy atom. The monoisotopic (exact) mass is 320 g/mol. The van der Waals surface area contributed by atoms with Gasteiger partial charge in [0.05, 0.1) is 6.61 Å². The van der Waals surface area contributed by atoms with Crippen molar-refractivity contribution in [3.8, 4) is 5.88 Å². The van der Waals surface area contributed by atoms with Gasteiger partial charge in [-0.3, -0.25) is 0 Å². The van der Waals surface area contributed by atoms with Crippen molar-refractivity contribution in [2.45, 2.75) is 20.3 Å². The number of hydrogen-bond acceptors (Lipinski definition) is 2. The van der Waals surface area contributed by atoms with Gasteiger partial charge in [0.2, 0.25) is 5.88 Å². The van der Waals surface area contributed by atoms with E-state index < -0.39 is 0 Å². The second kappa shape index (κ2) is 6.79. The van der Waals surface area contributed by atoms with E-state index in [9.17, 15) is 4.39 Å². The largest absolute Gasteiger partial charge is 0.476 e. The lowest BCUT2D eigenvalue weighted by Gasteiger charge is -2.06. The molecule has 0 aliphatic carbocycles. The van der Waals surface area contributed by atoms with Crippen LogP contribution in [0.1, 0.15) is 16.8 Å². The zero-order valence-corrected chi connectivity index (χ0v) is 13.3. The Hall–Kier alpha value is -2.07. The second-order valence-electron chi connectivity index (χ2n) is 5.14. The van der Waals surface area contributed by atoms with Crippen molar-refractivity contribution >= 4 is 23.3 Å². The summed E-state index contributed by atoms with van der Waals surface area (Å²) in [5, 5.41) is 1.14. The van der Waals surface area contributed by atoms with E-state index in [1.807, 2.05) is 13.0 Å². The van der Waals surface area contributed by atoms with E-state index >= 15 is 0 Å². The molecule has 0 amide bonds. The molecular weight excluding hydrogens is 303 g/mol. The highest BCUT2D eigenvalue weighted by Gasteiger charge is 2.10. The summed E-state index contributed by atoms with van der Waals surface area (Å²) in [5.74, 6) is 0.397. The predicted molar refractivity (Wildman–Crippen MR) is 88.4 cm³/mol. The molecule has 0 radical (unpaired) electrons. The molecule has 3 aromatic rings. The van der Waals surface area contributed by atoms with Crippen molar-refractivity contribution < 1.29 is 9.13 Å². The van der Waals surface area contributed by atoms with E-state index in [2.05, 4.69) is 16.9 Å². The molecule has 2 aromatic heterocycles. The summed E-state index contributed by atoms with van der Waals surface area (Å²) in [6.45, 7) is 4.63. The maximum atomic E-state index is 12.8. The number of H-pyrrole nitrogens is 1. The van der Waals surface area contributed by atoms with Crippen molar-refractivity contribution in [3.05, 3.63) is 59.2 Å². The van der Waals surface area contributed by atoms with Crippen LogP contribution in [0.2, 0.25) is 0 Å². The van der Waals surface area contributed by atoms with Gasteiger partial charge >= 0.3 is 0 Å². The number of rotatable bonds is 4. The summed E-state index contributed by atoms with van der Waals surface area (Å²) in [4.78, 5) is 7.61. The van der Waals surface area contributed by atoms with Crippen molar-refractivity contribution in [1.29, 1.82) is 0 Å². The van der Waals surface area contributed by atoms with Crippen LogP contribution in [0.5, 0.6) is 5.88 Å². The van der Waals surface area contributed by atoms with Crippen LogP contribution in [0.3, 0.4) is 0 Å². The smallest absolute Gasteiger partial charge is 0.238 e. The summed E-state index contributed by atoms with van der Waals surface area (Å²) < 4.78 is 18.6. The van der Waals surface area contributed by atoms with E-state index in [4.69, 9.17) is 4.74 Å². The normalized spacial score (nSPS) is 10.5. The molecule has 0 saturated carbocycles. The van der Waals surface area contributed by atoms with E-state index in [0.717, 1.165) is 28.6 Å². The molecule has 0 saturated heterocycles. The molecule has 1 aromatic carbocycles. The number of hydrogen-bond donors (Lipinski definition) is 1. The standard InChI is InChI=1S/C17H17FN2O.ClH/c1-11-12(2)20-16-15(11)7-9-19-17(16)21-10-8-13-3-5-14(18)6-4-13;/h3-7,9,20H,8,10H2,1-2H3;1H. The van der Waals surface area contributed by atoms with E-state index in [1.54, 1.807) is 18.3 Å². The number of fused-ring (bicyclic) bond motifs is 1. The third kappa shape index (κ3) is 3.22. The predicted octanol–water partition coefficient (Wildman–Crippen LogP) is 4.36. The number of aromatic amines is 1. The van der Waals surface area contributed by atoms with E-state index in [0.29, 0.717) is 12.5 Å². The Bertz CT molecular complexity index is 768. The third-order valence-electron chi connectivity index (χ3n) is 3.74. The second-order valence-corrected chi connectivity index (χ2v) is 5.14. The van der Waals surface area contributed by atoms with Crippen molar-refractivity contribution in [2.24, 2.45) is 0 Å². The number of ether oxygens (including phenoxy) is 1. The Labute approximate surface area is 134 Å². The van der Waals surface area contributed by atoms with Crippen LogP contribution >= 0.6 is 12.4 Å². The fraction of sp³-hybridized carbons (Fsp3) is 0.235. The Morgan fingerprint density at radius 1 is 1.14 bits per heavy atom. The molecule has 116 valence electrons. The van der Waals surface area contributed by atoms with Gasteiger partial charge in [-0.25, -0.2) is 9.37 Å². The molecule has 2 heterocycles. The molecule has 0 aliphatic rings. The highest BCUT2D eigenvalue weighted by atomic mass is 35.5.